The molecule has 2 aromatic heterocycles. The highest BCUT2D eigenvalue weighted by Gasteiger charge is 2.11. The summed E-state index contributed by atoms with van der Waals surface area (Å²) < 4.78 is 22.5. The molecular formula is C15H14N2O2S3. The molecule has 0 saturated heterocycles. The van der Waals surface area contributed by atoms with E-state index in [9.17, 15) is 8.42 Å². The van der Waals surface area contributed by atoms with E-state index in [4.69, 9.17) is 0 Å². The van der Waals surface area contributed by atoms with E-state index in [1.807, 2.05) is 18.2 Å². The van der Waals surface area contributed by atoms with Gasteiger partial charge in [-0.3, -0.25) is 0 Å². The van der Waals surface area contributed by atoms with Crippen molar-refractivity contribution in [2.24, 2.45) is 0 Å². The summed E-state index contributed by atoms with van der Waals surface area (Å²) in [5.74, 6) is 0.653. The number of thioether (sulfide) groups is 1. The molecule has 7 heteroatoms. The van der Waals surface area contributed by atoms with Crippen LogP contribution in [0.3, 0.4) is 0 Å². The second kappa shape index (κ2) is 6.36. The van der Waals surface area contributed by atoms with Gasteiger partial charge in [-0.15, -0.1) is 23.1 Å². The number of hydrogen-bond donors (Lipinski definition) is 0. The highest BCUT2D eigenvalue weighted by molar-refractivity contribution is 8.00. The molecule has 4 nitrogen and oxygen atoms in total. The lowest BCUT2D eigenvalue weighted by molar-refractivity contribution is 0.603. The molecule has 0 atom stereocenters. The highest BCUT2D eigenvalue weighted by atomic mass is 32.2. The van der Waals surface area contributed by atoms with E-state index < -0.39 is 9.84 Å². The lowest BCUT2D eigenvalue weighted by atomic mass is 10.2. The summed E-state index contributed by atoms with van der Waals surface area (Å²) in [6.07, 6.45) is 2.79. The zero-order valence-electron chi connectivity index (χ0n) is 11.9. The number of hydrogen-bond acceptors (Lipinski definition) is 6. The summed E-state index contributed by atoms with van der Waals surface area (Å²) in [6, 6.07) is 12.2. The number of aromatic nitrogens is 2. The molecule has 0 amide bonds. The van der Waals surface area contributed by atoms with Crippen molar-refractivity contribution < 1.29 is 8.42 Å². The number of nitrogens with zero attached hydrogens (tertiary/aromatic N) is 2. The first-order valence-electron chi connectivity index (χ1n) is 6.63. The quantitative estimate of drug-likeness (QED) is 0.521. The number of thiophene rings is 1. The summed E-state index contributed by atoms with van der Waals surface area (Å²) in [4.78, 5) is 10.7. The first kappa shape index (κ1) is 15.5. The van der Waals surface area contributed by atoms with Gasteiger partial charge in [0.1, 0.15) is 26.0 Å². The van der Waals surface area contributed by atoms with Gasteiger partial charge in [-0.2, -0.15) is 0 Å². The normalized spacial score (nSPS) is 11.9. The Bertz CT molecular complexity index is 890. The van der Waals surface area contributed by atoms with Gasteiger partial charge in [0.15, 0.2) is 0 Å². The van der Waals surface area contributed by atoms with Crippen LogP contribution >= 0.6 is 23.1 Å². The van der Waals surface area contributed by atoms with Crippen LogP contribution in [0.25, 0.3) is 20.7 Å². The van der Waals surface area contributed by atoms with Crippen molar-refractivity contribution in [3.63, 3.8) is 0 Å². The van der Waals surface area contributed by atoms with Gasteiger partial charge in [0.05, 0.1) is 5.75 Å². The molecule has 0 radical (unpaired) electrons. The Hall–Kier alpha value is -1.44. The smallest absolute Gasteiger partial charge is 0.148 e. The molecule has 0 aliphatic heterocycles. The fraction of sp³-hybridized carbons (Fsp3) is 0.200. The second-order valence-electron chi connectivity index (χ2n) is 4.85. The minimum Gasteiger partial charge on any atom is -0.229 e. The molecular weight excluding hydrogens is 336 g/mol. The molecule has 114 valence electrons. The minimum atomic E-state index is -2.95. The monoisotopic (exact) mass is 350 g/mol. The van der Waals surface area contributed by atoms with Crippen molar-refractivity contribution in [1.29, 1.82) is 0 Å². The predicted molar refractivity (Wildman–Crippen MR) is 93.3 cm³/mol. The Morgan fingerprint density at radius 3 is 2.68 bits per heavy atom. The van der Waals surface area contributed by atoms with Gasteiger partial charge in [0.2, 0.25) is 0 Å². The Kier molecular flexibility index (Phi) is 4.46. The van der Waals surface area contributed by atoms with Crippen molar-refractivity contribution in [3.8, 4) is 10.4 Å². The summed E-state index contributed by atoms with van der Waals surface area (Å²) in [6.45, 7) is 0. The topological polar surface area (TPSA) is 59.9 Å². The zero-order chi connectivity index (χ0) is 15.6. The summed E-state index contributed by atoms with van der Waals surface area (Å²) in [5, 5.41) is 1.83. The van der Waals surface area contributed by atoms with E-state index in [2.05, 4.69) is 28.2 Å². The maximum absolute atomic E-state index is 11.2. The van der Waals surface area contributed by atoms with Crippen LogP contribution in [0.4, 0.5) is 0 Å². The fourth-order valence-electron chi connectivity index (χ4n) is 1.98. The Morgan fingerprint density at radius 2 is 1.95 bits per heavy atom. The average Bonchev–Trinajstić information content (AvgIpc) is 2.92. The minimum absolute atomic E-state index is 0.152. The molecule has 0 unspecified atom stereocenters. The van der Waals surface area contributed by atoms with E-state index in [-0.39, 0.29) is 5.75 Å². The van der Waals surface area contributed by atoms with Crippen molar-refractivity contribution in [2.75, 3.05) is 17.8 Å². The SMILES string of the molecule is CS(=O)(=O)CCSc1ncnc2sc(-c3ccccc3)cc12. The number of sulfone groups is 1. The Morgan fingerprint density at radius 1 is 1.18 bits per heavy atom. The lowest BCUT2D eigenvalue weighted by Gasteiger charge is -2.00. The van der Waals surface area contributed by atoms with Crippen LogP contribution in [-0.2, 0) is 9.84 Å². The lowest BCUT2D eigenvalue weighted by Crippen LogP contribution is -2.05. The van der Waals surface area contributed by atoms with Gasteiger partial charge in [-0.25, -0.2) is 18.4 Å². The third kappa shape index (κ3) is 3.66. The highest BCUT2D eigenvalue weighted by Crippen LogP contribution is 2.35. The summed E-state index contributed by atoms with van der Waals surface area (Å²) in [7, 11) is -2.95. The maximum atomic E-state index is 11.2. The Labute approximate surface area is 137 Å². The first-order valence-corrected chi connectivity index (χ1v) is 10.5. The van der Waals surface area contributed by atoms with Crippen molar-refractivity contribution in [1.82, 2.24) is 9.97 Å². The van der Waals surface area contributed by atoms with Crippen molar-refractivity contribution in [2.45, 2.75) is 5.03 Å². The average molecular weight is 350 g/mol. The van der Waals surface area contributed by atoms with E-state index in [1.54, 1.807) is 11.3 Å². The van der Waals surface area contributed by atoms with Gasteiger partial charge in [0, 0.05) is 22.3 Å². The molecule has 2 heterocycles. The summed E-state index contributed by atoms with van der Waals surface area (Å²) >= 11 is 3.08. The molecule has 0 bridgehead atoms. The van der Waals surface area contributed by atoms with E-state index in [0.29, 0.717) is 5.75 Å². The van der Waals surface area contributed by atoms with Gasteiger partial charge >= 0.3 is 0 Å². The summed E-state index contributed by atoms with van der Waals surface area (Å²) in [5.41, 5.74) is 1.15. The van der Waals surface area contributed by atoms with E-state index in [1.165, 1.54) is 24.3 Å². The van der Waals surface area contributed by atoms with E-state index in [0.717, 1.165) is 25.7 Å². The van der Waals surface area contributed by atoms with Crippen LogP contribution in [0.1, 0.15) is 0 Å². The van der Waals surface area contributed by atoms with Crippen LogP contribution in [0.2, 0.25) is 0 Å². The molecule has 0 spiro atoms. The van der Waals surface area contributed by atoms with Gasteiger partial charge < -0.3 is 0 Å². The predicted octanol–water partition coefficient (Wildman–Crippen LogP) is 3.50. The van der Waals surface area contributed by atoms with Crippen molar-refractivity contribution in [3.05, 3.63) is 42.7 Å². The zero-order valence-corrected chi connectivity index (χ0v) is 14.3. The van der Waals surface area contributed by atoms with Gasteiger partial charge in [-0.05, 0) is 11.6 Å². The maximum Gasteiger partial charge on any atom is 0.148 e. The van der Waals surface area contributed by atoms with E-state index >= 15 is 0 Å². The third-order valence-electron chi connectivity index (χ3n) is 3.04. The molecule has 3 aromatic rings. The fourth-order valence-corrected chi connectivity index (χ4v) is 5.22. The van der Waals surface area contributed by atoms with Crippen molar-refractivity contribution >= 4 is 43.2 Å². The third-order valence-corrected chi connectivity index (χ3v) is 6.35. The molecule has 1 aromatic carbocycles. The molecule has 0 aliphatic carbocycles. The molecule has 0 N–H and O–H groups in total. The molecule has 22 heavy (non-hydrogen) atoms. The van der Waals surface area contributed by atoms with Crippen LogP contribution in [0.5, 0.6) is 0 Å². The van der Waals surface area contributed by atoms with Crippen LogP contribution in [-0.4, -0.2) is 36.1 Å². The molecule has 0 saturated carbocycles. The van der Waals surface area contributed by atoms with Crippen LogP contribution in [0, 0.1) is 0 Å². The number of rotatable bonds is 5. The largest absolute Gasteiger partial charge is 0.229 e. The second-order valence-corrected chi connectivity index (χ2v) is 9.23. The first-order chi connectivity index (χ1) is 10.5. The molecule has 0 aliphatic rings. The number of benzene rings is 1. The van der Waals surface area contributed by atoms with Gasteiger partial charge in [-0.1, -0.05) is 30.3 Å². The van der Waals surface area contributed by atoms with Crippen LogP contribution < -0.4 is 0 Å². The standard InChI is InChI=1S/C15H14N2O2S3/c1-22(18,19)8-7-20-14-12-9-13(11-5-3-2-4-6-11)21-15(12)17-10-16-14/h2-6,9-10H,7-8H2,1H3. The number of fused-ring (bicyclic) bond motifs is 1. The Balaban J connectivity index is 1.90. The van der Waals surface area contributed by atoms with Crippen LogP contribution in [0.15, 0.2) is 47.8 Å². The molecule has 3 rings (SSSR count). The van der Waals surface area contributed by atoms with Gasteiger partial charge in [0.25, 0.3) is 0 Å². The molecule has 0 fully saturated rings.